The quantitative estimate of drug-likeness (QED) is 0.150. The summed E-state index contributed by atoms with van der Waals surface area (Å²) in [6.07, 6.45) is 3.36. The van der Waals surface area contributed by atoms with Gasteiger partial charge in [-0.15, -0.1) is 0 Å². The van der Waals surface area contributed by atoms with Gasteiger partial charge in [0.25, 0.3) is 0 Å². The Labute approximate surface area is 251 Å². The van der Waals surface area contributed by atoms with Gasteiger partial charge in [-0.25, -0.2) is 0 Å². The maximum absolute atomic E-state index is 13.3. The van der Waals surface area contributed by atoms with Crippen LogP contribution in [0.4, 0.5) is 0 Å². The Kier molecular flexibility index (Phi) is 10.1. The third kappa shape index (κ3) is 6.61. The molecule has 2 aromatic carbocycles. The summed E-state index contributed by atoms with van der Waals surface area (Å²) in [5.74, 6) is -0.368. The van der Waals surface area contributed by atoms with Crippen LogP contribution in [0, 0.1) is 11.8 Å². The smallest absolute Gasteiger partial charge is 0.310 e. The maximum Gasteiger partial charge on any atom is 0.310 e. The van der Waals surface area contributed by atoms with Gasteiger partial charge in [-0.1, -0.05) is 0 Å². The van der Waals surface area contributed by atoms with E-state index >= 15 is 0 Å². The Morgan fingerprint density at radius 2 is 1.58 bits per heavy atom. The molecular formula is C31H42N4O8. The molecule has 1 fully saturated rings. The number of phenolic OH excluding ortho intramolecular Hbond substituents is 1. The standard InChI is InChI=1S/C31H42N4O8/c1-39-24-12-18(13-25(40-2)30(24)37)27-19-14-22-23(43-17-42-22)15-20(19)29(21-16-41-31(38)28(21)27)35-26(36)6-11-34-10-5-9-33-8-4-3-7-32/h12-15,21,27-29,33-34,37H,3-11,16-17,32H2,1-2H3,(H,35,36)/t21-,27?,28-,29+/m0/s1. The van der Waals surface area contributed by atoms with Gasteiger partial charge in [0.15, 0.2) is 23.0 Å². The molecule has 2 aromatic rings. The second-order valence-corrected chi connectivity index (χ2v) is 11.1. The molecule has 1 saturated heterocycles. The lowest BCUT2D eigenvalue weighted by molar-refractivity contribution is -0.141. The van der Waals surface area contributed by atoms with Crippen molar-refractivity contribution < 1.29 is 38.4 Å². The minimum atomic E-state index is -0.590. The number of fused-ring (bicyclic) bond motifs is 3. The number of carbonyl (C=O) groups excluding carboxylic acids is 2. The average Bonchev–Trinajstić information content (AvgIpc) is 3.63. The topological polar surface area (TPSA) is 163 Å². The largest absolute Gasteiger partial charge is 0.502 e. The second kappa shape index (κ2) is 14.2. The van der Waals surface area contributed by atoms with Crippen LogP contribution in [0.5, 0.6) is 28.7 Å². The van der Waals surface area contributed by atoms with E-state index in [1.54, 1.807) is 12.1 Å². The van der Waals surface area contributed by atoms with Crippen LogP contribution >= 0.6 is 0 Å². The molecule has 0 aromatic heterocycles. The number of benzene rings is 2. The molecule has 43 heavy (non-hydrogen) atoms. The summed E-state index contributed by atoms with van der Waals surface area (Å²) in [7, 11) is 2.92. The number of rotatable bonds is 15. The Hall–Kier alpha value is -3.74. The first-order valence-corrected chi connectivity index (χ1v) is 14.9. The first kappa shape index (κ1) is 30.7. The van der Waals surface area contributed by atoms with Crippen LogP contribution in [0.15, 0.2) is 24.3 Å². The van der Waals surface area contributed by atoms with Gasteiger partial charge in [0.2, 0.25) is 18.4 Å². The van der Waals surface area contributed by atoms with Gasteiger partial charge < -0.3 is 50.5 Å². The minimum Gasteiger partial charge on any atom is -0.502 e. The molecule has 12 nitrogen and oxygen atoms in total. The summed E-state index contributed by atoms with van der Waals surface area (Å²) in [5.41, 5.74) is 7.87. The van der Waals surface area contributed by atoms with E-state index in [-0.39, 0.29) is 48.4 Å². The van der Waals surface area contributed by atoms with E-state index in [1.807, 2.05) is 12.1 Å². The molecule has 0 spiro atoms. The summed E-state index contributed by atoms with van der Waals surface area (Å²) in [4.78, 5) is 26.5. The molecule has 1 amide bonds. The van der Waals surface area contributed by atoms with Crippen molar-refractivity contribution in [2.45, 2.75) is 37.6 Å². The van der Waals surface area contributed by atoms with E-state index in [9.17, 15) is 14.7 Å². The average molecular weight is 599 g/mol. The van der Waals surface area contributed by atoms with E-state index in [4.69, 9.17) is 29.4 Å². The molecule has 6 N–H and O–H groups in total. The molecule has 4 atom stereocenters. The van der Waals surface area contributed by atoms with E-state index in [1.165, 1.54) is 14.2 Å². The molecule has 5 rings (SSSR count). The van der Waals surface area contributed by atoms with Crippen molar-refractivity contribution in [3.05, 3.63) is 41.0 Å². The number of aromatic hydroxyl groups is 1. The van der Waals surface area contributed by atoms with Crippen LogP contribution in [-0.4, -0.2) is 77.3 Å². The highest BCUT2D eigenvalue weighted by Crippen LogP contribution is 2.55. The van der Waals surface area contributed by atoms with Crippen molar-refractivity contribution in [2.75, 3.05) is 60.3 Å². The number of amides is 1. The summed E-state index contributed by atoms with van der Waals surface area (Å²) < 4.78 is 27.8. The van der Waals surface area contributed by atoms with Gasteiger partial charge in [0.1, 0.15) is 0 Å². The lowest BCUT2D eigenvalue weighted by Crippen LogP contribution is -2.43. The summed E-state index contributed by atoms with van der Waals surface area (Å²) in [6, 6.07) is 6.71. The van der Waals surface area contributed by atoms with Crippen molar-refractivity contribution in [1.29, 1.82) is 0 Å². The molecule has 1 unspecified atom stereocenters. The summed E-state index contributed by atoms with van der Waals surface area (Å²) in [6.45, 7) is 4.20. The van der Waals surface area contributed by atoms with E-state index in [2.05, 4.69) is 16.0 Å². The highest BCUT2D eigenvalue weighted by atomic mass is 16.7. The first-order valence-electron chi connectivity index (χ1n) is 14.9. The van der Waals surface area contributed by atoms with Crippen molar-refractivity contribution in [1.82, 2.24) is 16.0 Å². The number of unbranched alkanes of at least 4 members (excludes halogenated alkanes) is 1. The van der Waals surface area contributed by atoms with E-state index < -0.39 is 17.9 Å². The molecule has 1 aliphatic carbocycles. The molecule has 2 heterocycles. The number of carbonyl (C=O) groups is 2. The van der Waals surface area contributed by atoms with Crippen LogP contribution in [-0.2, 0) is 14.3 Å². The highest BCUT2D eigenvalue weighted by molar-refractivity contribution is 5.81. The normalized spacial score (nSPS) is 21.6. The number of esters is 1. The van der Waals surface area contributed by atoms with Gasteiger partial charge >= 0.3 is 5.97 Å². The van der Waals surface area contributed by atoms with Crippen molar-refractivity contribution in [2.24, 2.45) is 17.6 Å². The minimum absolute atomic E-state index is 0.0879. The van der Waals surface area contributed by atoms with Gasteiger partial charge in [-0.3, -0.25) is 9.59 Å². The lowest BCUT2D eigenvalue weighted by atomic mass is 9.65. The van der Waals surface area contributed by atoms with Gasteiger partial charge in [-0.05, 0) is 86.4 Å². The molecule has 3 aliphatic rings. The second-order valence-electron chi connectivity index (χ2n) is 11.1. The Morgan fingerprint density at radius 3 is 2.26 bits per heavy atom. The molecule has 0 saturated carbocycles. The van der Waals surface area contributed by atoms with Gasteiger partial charge in [0.05, 0.1) is 32.8 Å². The monoisotopic (exact) mass is 598 g/mol. The fraction of sp³-hybridized carbons (Fsp3) is 0.548. The third-order valence-corrected chi connectivity index (χ3v) is 8.41. The third-order valence-electron chi connectivity index (χ3n) is 8.41. The molecule has 2 aliphatic heterocycles. The van der Waals surface area contributed by atoms with Crippen LogP contribution in [0.2, 0.25) is 0 Å². The SMILES string of the molecule is COc1cc(C2c3cc4c(cc3[C@@H](NC(=O)CCNCCCNCCCCN)[C@H]3COC(=O)[C@H]23)OCO4)cc(OC)c1O. The number of phenols is 1. The zero-order valence-corrected chi connectivity index (χ0v) is 24.8. The highest BCUT2D eigenvalue weighted by Gasteiger charge is 2.53. The number of ether oxygens (including phenoxy) is 5. The van der Waals surface area contributed by atoms with Gasteiger partial charge in [-0.2, -0.15) is 0 Å². The summed E-state index contributed by atoms with van der Waals surface area (Å²) in [5, 5.41) is 20.5. The number of hydrogen-bond donors (Lipinski definition) is 5. The van der Waals surface area contributed by atoms with E-state index in [0.717, 1.165) is 56.6 Å². The fourth-order valence-electron chi connectivity index (χ4n) is 6.27. The molecular weight excluding hydrogens is 556 g/mol. The Balaban J connectivity index is 1.34. The fourth-order valence-corrected chi connectivity index (χ4v) is 6.27. The van der Waals surface area contributed by atoms with Crippen molar-refractivity contribution >= 4 is 11.9 Å². The van der Waals surface area contributed by atoms with Crippen LogP contribution < -0.4 is 40.6 Å². The first-order chi connectivity index (χ1) is 21.0. The number of nitrogens with one attached hydrogen (secondary N) is 3. The number of nitrogens with two attached hydrogens (primary N) is 1. The predicted octanol–water partition coefficient (Wildman–Crippen LogP) is 1.93. The number of hydrogen-bond acceptors (Lipinski definition) is 11. The van der Waals surface area contributed by atoms with Crippen LogP contribution in [0.3, 0.4) is 0 Å². The molecule has 234 valence electrons. The maximum atomic E-state index is 13.3. The number of methoxy groups -OCH3 is 2. The molecule has 12 heteroatoms. The zero-order valence-electron chi connectivity index (χ0n) is 24.8. The molecule has 0 radical (unpaired) electrons. The lowest BCUT2D eigenvalue weighted by Gasteiger charge is -2.39. The van der Waals surface area contributed by atoms with E-state index in [0.29, 0.717) is 30.0 Å². The molecule has 0 bridgehead atoms. The summed E-state index contributed by atoms with van der Waals surface area (Å²) >= 11 is 0. The van der Waals surface area contributed by atoms with Crippen LogP contribution in [0.1, 0.15) is 54.3 Å². The van der Waals surface area contributed by atoms with Gasteiger partial charge in [0, 0.05) is 24.8 Å². The van der Waals surface area contributed by atoms with Crippen molar-refractivity contribution in [3.63, 3.8) is 0 Å². The van der Waals surface area contributed by atoms with Crippen molar-refractivity contribution in [3.8, 4) is 28.7 Å². The predicted molar refractivity (Wildman–Crippen MR) is 158 cm³/mol. The Bertz CT molecular complexity index is 1280. The number of cyclic esters (lactones) is 1. The Morgan fingerprint density at radius 1 is 0.930 bits per heavy atom. The zero-order chi connectivity index (χ0) is 30.3. The van der Waals surface area contributed by atoms with Crippen LogP contribution in [0.25, 0.3) is 0 Å².